The smallest absolute Gasteiger partial charge is 0.317 e. The highest BCUT2D eigenvalue weighted by molar-refractivity contribution is 5.75. The van der Waals surface area contributed by atoms with Gasteiger partial charge in [0.15, 0.2) is 0 Å². The van der Waals surface area contributed by atoms with Crippen LogP contribution < -0.4 is 4.84 Å². The van der Waals surface area contributed by atoms with Gasteiger partial charge in [-0.3, -0.25) is 0 Å². The van der Waals surface area contributed by atoms with Crippen molar-refractivity contribution in [2.45, 2.75) is 51.4 Å². The molecule has 0 radical (unpaired) electrons. The van der Waals surface area contributed by atoms with Gasteiger partial charge in [0, 0.05) is 6.42 Å². The lowest BCUT2D eigenvalue weighted by Gasteiger charge is -2.20. The molecule has 1 saturated carbocycles. The summed E-state index contributed by atoms with van der Waals surface area (Å²) in [6.07, 6.45) is 9.19. The SMILES string of the molecule is O=C(CCCC1CCCCC1)On1nnc2ccccc21. The predicted octanol–water partition coefficient (Wildman–Crippen LogP) is 3.14. The molecule has 0 unspecified atom stereocenters. The molecular formula is C16H21N3O2. The average Bonchev–Trinajstić information content (AvgIpc) is 2.92. The molecule has 1 aromatic heterocycles. The highest BCUT2D eigenvalue weighted by atomic mass is 16.7. The zero-order valence-corrected chi connectivity index (χ0v) is 12.2. The first-order valence-electron chi connectivity index (χ1n) is 7.84. The highest BCUT2D eigenvalue weighted by Gasteiger charge is 2.15. The van der Waals surface area contributed by atoms with Crippen molar-refractivity contribution in [1.82, 2.24) is 15.2 Å². The number of carbonyl (C=O) groups excluding carboxylic acids is 1. The zero-order chi connectivity index (χ0) is 14.5. The maximum Gasteiger partial charge on any atom is 0.335 e. The van der Waals surface area contributed by atoms with E-state index in [2.05, 4.69) is 10.3 Å². The van der Waals surface area contributed by atoms with Crippen molar-refractivity contribution in [3.05, 3.63) is 24.3 Å². The molecule has 0 saturated heterocycles. The maximum atomic E-state index is 11.9. The van der Waals surface area contributed by atoms with Gasteiger partial charge in [-0.2, -0.15) is 0 Å². The van der Waals surface area contributed by atoms with E-state index in [0.717, 1.165) is 29.8 Å². The van der Waals surface area contributed by atoms with Crippen molar-refractivity contribution < 1.29 is 9.63 Å². The van der Waals surface area contributed by atoms with Crippen LogP contribution in [0.3, 0.4) is 0 Å². The van der Waals surface area contributed by atoms with E-state index in [1.54, 1.807) is 0 Å². The quantitative estimate of drug-likeness (QED) is 0.793. The van der Waals surface area contributed by atoms with E-state index in [1.807, 2.05) is 24.3 Å². The van der Waals surface area contributed by atoms with Crippen molar-refractivity contribution in [3.63, 3.8) is 0 Å². The van der Waals surface area contributed by atoms with Crippen molar-refractivity contribution >= 4 is 17.0 Å². The number of nitrogens with zero attached hydrogens (tertiary/aromatic N) is 3. The fraction of sp³-hybridized carbons (Fsp3) is 0.562. The first-order valence-corrected chi connectivity index (χ1v) is 7.84. The Morgan fingerprint density at radius 3 is 2.90 bits per heavy atom. The molecule has 1 aliphatic carbocycles. The number of hydrogen-bond acceptors (Lipinski definition) is 4. The topological polar surface area (TPSA) is 57.0 Å². The van der Waals surface area contributed by atoms with Crippen LogP contribution in [0.15, 0.2) is 24.3 Å². The molecule has 3 rings (SSSR count). The molecule has 1 fully saturated rings. The van der Waals surface area contributed by atoms with Gasteiger partial charge in [0.05, 0.1) is 0 Å². The normalized spacial score (nSPS) is 16.2. The fourth-order valence-corrected chi connectivity index (χ4v) is 3.07. The second-order valence-corrected chi connectivity index (χ2v) is 5.81. The number of aromatic nitrogens is 3. The Morgan fingerprint density at radius 1 is 1.24 bits per heavy atom. The third-order valence-corrected chi connectivity index (χ3v) is 4.23. The Morgan fingerprint density at radius 2 is 2.05 bits per heavy atom. The molecule has 0 amide bonds. The van der Waals surface area contributed by atoms with Gasteiger partial charge in [-0.25, -0.2) is 4.79 Å². The number of fused-ring (bicyclic) bond motifs is 1. The minimum Gasteiger partial charge on any atom is -0.317 e. The van der Waals surface area contributed by atoms with Crippen LogP contribution in [0, 0.1) is 5.92 Å². The largest absolute Gasteiger partial charge is 0.335 e. The molecule has 21 heavy (non-hydrogen) atoms. The van der Waals surface area contributed by atoms with Crippen LogP contribution >= 0.6 is 0 Å². The third-order valence-electron chi connectivity index (χ3n) is 4.23. The second kappa shape index (κ2) is 6.70. The molecule has 0 aliphatic heterocycles. The fourth-order valence-electron chi connectivity index (χ4n) is 3.07. The number of para-hydroxylation sites is 1. The van der Waals surface area contributed by atoms with Gasteiger partial charge in [-0.05, 0) is 36.1 Å². The van der Waals surface area contributed by atoms with Gasteiger partial charge in [-0.1, -0.05) is 49.1 Å². The Labute approximate surface area is 124 Å². The van der Waals surface area contributed by atoms with Gasteiger partial charge >= 0.3 is 5.97 Å². The molecule has 0 spiro atoms. The summed E-state index contributed by atoms with van der Waals surface area (Å²) in [7, 11) is 0. The Hall–Kier alpha value is -1.91. The van der Waals surface area contributed by atoms with E-state index in [9.17, 15) is 4.79 Å². The molecule has 0 atom stereocenters. The predicted molar refractivity (Wildman–Crippen MR) is 79.5 cm³/mol. The average molecular weight is 287 g/mol. The van der Waals surface area contributed by atoms with Crippen LogP contribution in [0.25, 0.3) is 11.0 Å². The molecule has 112 valence electrons. The minimum atomic E-state index is -0.235. The molecule has 1 heterocycles. The first-order chi connectivity index (χ1) is 10.3. The van der Waals surface area contributed by atoms with Crippen LogP contribution in [-0.4, -0.2) is 21.1 Å². The summed E-state index contributed by atoms with van der Waals surface area (Å²) in [6.45, 7) is 0. The van der Waals surface area contributed by atoms with E-state index in [1.165, 1.54) is 36.9 Å². The van der Waals surface area contributed by atoms with Crippen molar-refractivity contribution in [1.29, 1.82) is 0 Å². The van der Waals surface area contributed by atoms with Crippen LogP contribution in [0.1, 0.15) is 51.4 Å². The molecule has 1 aliphatic rings. The van der Waals surface area contributed by atoms with Crippen LogP contribution in [0.5, 0.6) is 0 Å². The summed E-state index contributed by atoms with van der Waals surface area (Å²) in [6, 6.07) is 7.44. The van der Waals surface area contributed by atoms with Crippen LogP contribution in [0.2, 0.25) is 0 Å². The molecular weight excluding hydrogens is 266 g/mol. The van der Waals surface area contributed by atoms with Gasteiger partial charge in [0.1, 0.15) is 11.0 Å². The summed E-state index contributed by atoms with van der Waals surface area (Å²) in [5.74, 6) is 0.570. The van der Waals surface area contributed by atoms with E-state index in [4.69, 9.17) is 4.84 Å². The van der Waals surface area contributed by atoms with E-state index < -0.39 is 0 Å². The van der Waals surface area contributed by atoms with E-state index in [-0.39, 0.29) is 5.97 Å². The van der Waals surface area contributed by atoms with Crippen LogP contribution in [-0.2, 0) is 4.79 Å². The van der Waals surface area contributed by atoms with Gasteiger partial charge < -0.3 is 4.84 Å². The monoisotopic (exact) mass is 287 g/mol. The van der Waals surface area contributed by atoms with E-state index >= 15 is 0 Å². The Balaban J connectivity index is 1.47. The zero-order valence-electron chi connectivity index (χ0n) is 12.2. The molecule has 5 heteroatoms. The Bertz CT molecular complexity index is 602. The maximum absolute atomic E-state index is 11.9. The first kappa shape index (κ1) is 14.0. The lowest BCUT2D eigenvalue weighted by atomic mass is 9.86. The molecule has 2 aromatic rings. The third kappa shape index (κ3) is 3.60. The Kier molecular flexibility index (Phi) is 4.48. The minimum absolute atomic E-state index is 0.235. The molecule has 1 aromatic carbocycles. The lowest BCUT2D eigenvalue weighted by Crippen LogP contribution is -2.21. The number of benzene rings is 1. The summed E-state index contributed by atoms with van der Waals surface area (Å²) in [5.41, 5.74) is 1.45. The summed E-state index contributed by atoms with van der Waals surface area (Å²) < 4.78 is 0. The summed E-state index contributed by atoms with van der Waals surface area (Å²) in [5, 5.41) is 7.82. The lowest BCUT2D eigenvalue weighted by molar-refractivity contribution is -0.145. The second-order valence-electron chi connectivity index (χ2n) is 5.81. The molecule has 0 N–H and O–H groups in total. The van der Waals surface area contributed by atoms with Crippen molar-refractivity contribution in [2.24, 2.45) is 5.92 Å². The van der Waals surface area contributed by atoms with Crippen LogP contribution in [0.4, 0.5) is 0 Å². The standard InChI is InChI=1S/C16H21N3O2/c20-16(12-6-9-13-7-2-1-3-8-13)21-19-15-11-5-4-10-14(15)17-18-19/h4-5,10-11,13H,1-3,6-9,12H2. The summed E-state index contributed by atoms with van der Waals surface area (Å²) >= 11 is 0. The number of rotatable bonds is 5. The molecule has 5 nitrogen and oxygen atoms in total. The number of carbonyl (C=O) groups is 1. The van der Waals surface area contributed by atoms with E-state index in [0.29, 0.717) is 6.42 Å². The number of hydrogen-bond donors (Lipinski definition) is 0. The summed E-state index contributed by atoms with van der Waals surface area (Å²) in [4.78, 5) is 18.4. The highest BCUT2D eigenvalue weighted by Crippen LogP contribution is 2.27. The van der Waals surface area contributed by atoms with Gasteiger partial charge in [0.25, 0.3) is 0 Å². The molecule has 0 bridgehead atoms. The van der Waals surface area contributed by atoms with Gasteiger partial charge in [0.2, 0.25) is 0 Å². The van der Waals surface area contributed by atoms with Gasteiger partial charge in [-0.15, -0.1) is 5.10 Å². The van der Waals surface area contributed by atoms with Crippen molar-refractivity contribution in [3.8, 4) is 0 Å². The van der Waals surface area contributed by atoms with Crippen molar-refractivity contribution in [2.75, 3.05) is 0 Å².